The second-order valence-corrected chi connectivity index (χ2v) is 3.43. The summed E-state index contributed by atoms with van der Waals surface area (Å²) in [5.74, 6) is 0.263. The Hall–Kier alpha value is -0.770. The van der Waals surface area contributed by atoms with Crippen LogP contribution in [-0.2, 0) is 14.3 Å². The van der Waals surface area contributed by atoms with Gasteiger partial charge in [-0.25, -0.2) is 0 Å². The molecular weight excluding hydrogens is 218 g/mol. The Morgan fingerprint density at radius 1 is 1.27 bits per heavy atom. The lowest BCUT2D eigenvalue weighted by molar-refractivity contribution is -0.143. The molecular formula is C10H18ClNO3. The third-order valence-corrected chi connectivity index (χ3v) is 2.01. The number of carbonyl (C=O) groups excluding carboxylic acids is 2. The number of hydrogen-bond acceptors (Lipinski definition) is 3. The number of halogens is 1. The Labute approximate surface area is 95.3 Å². The minimum absolute atomic E-state index is 0.0376. The third kappa shape index (κ3) is 9.53. The van der Waals surface area contributed by atoms with E-state index in [4.69, 9.17) is 16.3 Å². The van der Waals surface area contributed by atoms with E-state index < -0.39 is 0 Å². The fraction of sp³-hybridized carbons (Fsp3) is 0.800. The monoisotopic (exact) mass is 235 g/mol. The molecule has 0 radical (unpaired) electrons. The van der Waals surface area contributed by atoms with E-state index in [2.05, 4.69) is 5.32 Å². The summed E-state index contributed by atoms with van der Waals surface area (Å²) < 4.78 is 4.71. The summed E-state index contributed by atoms with van der Waals surface area (Å²) in [5, 5.41) is 2.65. The molecule has 0 aromatic carbocycles. The van der Waals surface area contributed by atoms with Crippen molar-refractivity contribution in [3.05, 3.63) is 0 Å². The zero-order chi connectivity index (χ0) is 11.5. The van der Waals surface area contributed by atoms with Crippen LogP contribution >= 0.6 is 11.6 Å². The number of ether oxygens (including phenoxy) is 1. The molecule has 0 atom stereocenters. The first kappa shape index (κ1) is 14.2. The fourth-order valence-electron chi connectivity index (χ4n) is 1.01. The van der Waals surface area contributed by atoms with E-state index in [1.807, 2.05) is 0 Å². The van der Waals surface area contributed by atoms with E-state index in [0.717, 1.165) is 12.8 Å². The van der Waals surface area contributed by atoms with Crippen LogP contribution in [0.15, 0.2) is 0 Å². The first-order valence-electron chi connectivity index (χ1n) is 5.19. The van der Waals surface area contributed by atoms with Crippen LogP contribution in [0.5, 0.6) is 0 Å². The van der Waals surface area contributed by atoms with Crippen LogP contribution in [0.1, 0.15) is 32.6 Å². The maximum atomic E-state index is 11.2. The minimum Gasteiger partial charge on any atom is -0.466 e. The summed E-state index contributed by atoms with van der Waals surface area (Å²) in [6.07, 6.45) is 2.33. The van der Waals surface area contributed by atoms with E-state index in [0.29, 0.717) is 25.5 Å². The van der Waals surface area contributed by atoms with Gasteiger partial charge in [-0.2, -0.15) is 0 Å². The smallest absolute Gasteiger partial charge is 0.307 e. The highest BCUT2D eigenvalue weighted by atomic mass is 35.5. The number of nitrogens with one attached hydrogen (secondary N) is 1. The highest BCUT2D eigenvalue weighted by molar-refractivity contribution is 6.17. The Morgan fingerprint density at radius 2 is 2.00 bits per heavy atom. The molecule has 0 aromatic rings. The molecule has 0 rings (SSSR count). The van der Waals surface area contributed by atoms with Crippen molar-refractivity contribution in [3.8, 4) is 0 Å². The highest BCUT2D eigenvalue weighted by Gasteiger charge is 2.03. The van der Waals surface area contributed by atoms with Gasteiger partial charge in [0, 0.05) is 18.8 Å². The van der Waals surface area contributed by atoms with Crippen molar-refractivity contribution >= 4 is 23.5 Å². The lowest BCUT2D eigenvalue weighted by Gasteiger charge is -2.04. The molecule has 0 fully saturated rings. The van der Waals surface area contributed by atoms with Gasteiger partial charge in [-0.05, 0) is 19.8 Å². The summed E-state index contributed by atoms with van der Waals surface area (Å²) in [4.78, 5) is 22.0. The summed E-state index contributed by atoms with van der Waals surface area (Å²) in [6, 6.07) is 0. The molecule has 0 saturated carbocycles. The molecule has 15 heavy (non-hydrogen) atoms. The molecule has 0 aliphatic heterocycles. The van der Waals surface area contributed by atoms with Crippen molar-refractivity contribution in [2.75, 3.05) is 19.0 Å². The van der Waals surface area contributed by atoms with Gasteiger partial charge in [0.15, 0.2) is 0 Å². The van der Waals surface area contributed by atoms with E-state index >= 15 is 0 Å². The number of esters is 1. The number of unbranched alkanes of at least 4 members (excludes halogenated alkanes) is 1. The number of rotatable bonds is 8. The van der Waals surface area contributed by atoms with E-state index in [-0.39, 0.29) is 18.3 Å². The topological polar surface area (TPSA) is 55.4 Å². The molecule has 0 aromatic heterocycles. The molecule has 0 unspecified atom stereocenters. The second kappa shape index (κ2) is 9.77. The van der Waals surface area contributed by atoms with E-state index in [1.54, 1.807) is 6.92 Å². The largest absolute Gasteiger partial charge is 0.466 e. The predicted octanol–water partition coefficient (Wildman–Crippen LogP) is 1.46. The molecule has 0 aliphatic rings. The second-order valence-electron chi connectivity index (χ2n) is 3.05. The number of hydrogen-bond donors (Lipinski definition) is 1. The summed E-state index contributed by atoms with van der Waals surface area (Å²) >= 11 is 5.47. The van der Waals surface area contributed by atoms with Crippen molar-refractivity contribution in [1.29, 1.82) is 0 Å². The zero-order valence-electron chi connectivity index (χ0n) is 9.05. The van der Waals surface area contributed by atoms with Gasteiger partial charge in [0.1, 0.15) is 0 Å². The zero-order valence-corrected chi connectivity index (χ0v) is 9.81. The Balaban J connectivity index is 3.34. The van der Waals surface area contributed by atoms with Crippen molar-refractivity contribution in [3.63, 3.8) is 0 Å². The van der Waals surface area contributed by atoms with Crippen LogP contribution in [-0.4, -0.2) is 30.9 Å². The van der Waals surface area contributed by atoms with Gasteiger partial charge >= 0.3 is 5.97 Å². The van der Waals surface area contributed by atoms with Crippen molar-refractivity contribution in [2.24, 2.45) is 0 Å². The molecule has 5 heteroatoms. The molecule has 0 bridgehead atoms. The van der Waals surface area contributed by atoms with Gasteiger partial charge in [-0.1, -0.05) is 0 Å². The normalized spacial score (nSPS) is 9.73. The first-order chi connectivity index (χ1) is 7.20. The van der Waals surface area contributed by atoms with Gasteiger partial charge in [0.25, 0.3) is 0 Å². The van der Waals surface area contributed by atoms with Crippen LogP contribution in [0.3, 0.4) is 0 Å². The molecule has 88 valence electrons. The van der Waals surface area contributed by atoms with E-state index in [1.165, 1.54) is 0 Å². The van der Waals surface area contributed by atoms with Gasteiger partial charge in [-0.3, -0.25) is 9.59 Å². The van der Waals surface area contributed by atoms with Gasteiger partial charge in [-0.15, -0.1) is 11.6 Å². The molecule has 1 amide bonds. The Morgan fingerprint density at radius 3 is 2.60 bits per heavy atom. The molecule has 1 N–H and O–H groups in total. The lowest BCUT2D eigenvalue weighted by atomic mass is 10.2. The van der Waals surface area contributed by atoms with Crippen LogP contribution in [0, 0.1) is 0 Å². The molecule has 0 saturated heterocycles. The maximum absolute atomic E-state index is 11.2. The number of amides is 1. The van der Waals surface area contributed by atoms with Crippen LogP contribution < -0.4 is 5.32 Å². The third-order valence-electron chi connectivity index (χ3n) is 1.74. The average molecular weight is 236 g/mol. The maximum Gasteiger partial charge on any atom is 0.307 e. The first-order valence-corrected chi connectivity index (χ1v) is 5.72. The minimum atomic E-state index is -0.279. The standard InChI is InChI=1S/C10H18ClNO3/c1-2-15-10(14)6-8-12-9(13)5-3-4-7-11/h2-8H2,1H3,(H,12,13). The quantitative estimate of drug-likeness (QED) is 0.394. The van der Waals surface area contributed by atoms with Gasteiger partial charge in [0.2, 0.25) is 5.91 Å². The molecule has 0 heterocycles. The van der Waals surface area contributed by atoms with Crippen LogP contribution in [0.25, 0.3) is 0 Å². The SMILES string of the molecule is CCOC(=O)CCNC(=O)CCCCCl. The van der Waals surface area contributed by atoms with Gasteiger partial charge in [0.05, 0.1) is 13.0 Å². The molecule has 4 nitrogen and oxygen atoms in total. The summed E-state index contributed by atoms with van der Waals surface area (Å²) in [6.45, 7) is 2.48. The van der Waals surface area contributed by atoms with Crippen molar-refractivity contribution in [2.45, 2.75) is 32.6 Å². The Kier molecular flexibility index (Phi) is 9.27. The van der Waals surface area contributed by atoms with Crippen LogP contribution in [0.2, 0.25) is 0 Å². The Bertz CT molecular complexity index is 197. The summed E-state index contributed by atoms with van der Waals surface area (Å²) in [5.41, 5.74) is 0. The van der Waals surface area contributed by atoms with Gasteiger partial charge < -0.3 is 10.1 Å². The number of carbonyl (C=O) groups is 2. The fourth-order valence-corrected chi connectivity index (χ4v) is 1.19. The van der Waals surface area contributed by atoms with Crippen LogP contribution in [0.4, 0.5) is 0 Å². The molecule has 0 aliphatic carbocycles. The van der Waals surface area contributed by atoms with Crippen molar-refractivity contribution < 1.29 is 14.3 Å². The predicted molar refractivity (Wildman–Crippen MR) is 58.8 cm³/mol. The van der Waals surface area contributed by atoms with E-state index in [9.17, 15) is 9.59 Å². The average Bonchev–Trinajstić information content (AvgIpc) is 2.18. The molecule has 0 spiro atoms. The summed E-state index contributed by atoms with van der Waals surface area (Å²) in [7, 11) is 0. The number of alkyl halides is 1. The lowest BCUT2D eigenvalue weighted by Crippen LogP contribution is -2.26. The highest BCUT2D eigenvalue weighted by Crippen LogP contribution is 1.96. The van der Waals surface area contributed by atoms with Crippen molar-refractivity contribution in [1.82, 2.24) is 5.32 Å².